The SMILES string of the molecule is COC(=O)C(Cc1ccc(OCc2ccccc2)cc1)NC(=O)c1ccc2nc(-c3ccc(Cl)cc3)c(Cl)n2c1. The second-order valence-electron chi connectivity index (χ2n) is 9.08. The minimum atomic E-state index is -0.896. The van der Waals surface area contributed by atoms with Gasteiger partial charge in [-0.3, -0.25) is 9.20 Å². The summed E-state index contributed by atoms with van der Waals surface area (Å²) in [7, 11) is 1.29. The van der Waals surface area contributed by atoms with E-state index in [-0.39, 0.29) is 6.42 Å². The summed E-state index contributed by atoms with van der Waals surface area (Å²) in [5.74, 6) is -0.294. The first-order valence-corrected chi connectivity index (χ1v) is 13.2. The van der Waals surface area contributed by atoms with Crippen LogP contribution < -0.4 is 10.1 Å². The van der Waals surface area contributed by atoms with Crippen molar-refractivity contribution < 1.29 is 19.1 Å². The van der Waals surface area contributed by atoms with Gasteiger partial charge in [0.1, 0.15) is 34.9 Å². The van der Waals surface area contributed by atoms with E-state index < -0.39 is 17.9 Å². The van der Waals surface area contributed by atoms with Crippen molar-refractivity contribution in [1.29, 1.82) is 0 Å². The summed E-state index contributed by atoms with van der Waals surface area (Å²) in [5.41, 5.74) is 4.16. The number of esters is 1. The Kier molecular flexibility index (Phi) is 8.34. The van der Waals surface area contributed by atoms with Crippen molar-refractivity contribution in [2.75, 3.05) is 7.11 Å². The van der Waals surface area contributed by atoms with Crippen molar-refractivity contribution in [3.63, 3.8) is 0 Å². The quantitative estimate of drug-likeness (QED) is 0.206. The molecule has 0 aliphatic carbocycles. The van der Waals surface area contributed by atoms with Gasteiger partial charge in [-0.2, -0.15) is 0 Å². The zero-order chi connectivity index (χ0) is 28.1. The largest absolute Gasteiger partial charge is 0.489 e. The molecular weight excluding hydrogens is 549 g/mol. The van der Waals surface area contributed by atoms with Gasteiger partial charge in [0.15, 0.2) is 0 Å². The molecule has 2 aromatic heterocycles. The summed E-state index contributed by atoms with van der Waals surface area (Å²) in [4.78, 5) is 30.3. The Hall–Kier alpha value is -4.33. The Morgan fingerprint density at radius 3 is 2.33 bits per heavy atom. The van der Waals surface area contributed by atoms with Crippen LogP contribution in [0.25, 0.3) is 16.9 Å². The molecule has 0 radical (unpaired) electrons. The number of rotatable bonds is 9. The maximum atomic E-state index is 13.2. The third-order valence-electron chi connectivity index (χ3n) is 6.34. The highest BCUT2D eigenvalue weighted by Gasteiger charge is 2.23. The standard InChI is InChI=1S/C31H25Cl2N3O4/c1-39-31(38)26(17-20-7-14-25(15-8-20)40-19-21-5-3-2-4-6-21)34-30(37)23-11-16-27-35-28(29(33)36(27)18-23)22-9-12-24(32)13-10-22/h2-16,18,26H,17,19H2,1H3,(H,34,37). The highest BCUT2D eigenvalue weighted by Crippen LogP contribution is 2.29. The molecule has 202 valence electrons. The molecule has 1 N–H and O–H groups in total. The van der Waals surface area contributed by atoms with E-state index in [0.717, 1.165) is 16.7 Å². The molecule has 0 aliphatic heterocycles. The number of hydrogen-bond donors (Lipinski definition) is 1. The molecule has 2 heterocycles. The van der Waals surface area contributed by atoms with E-state index in [1.54, 1.807) is 34.9 Å². The first kappa shape index (κ1) is 27.2. The van der Waals surface area contributed by atoms with Crippen molar-refractivity contribution in [2.24, 2.45) is 0 Å². The number of fused-ring (bicyclic) bond motifs is 1. The Morgan fingerprint density at radius 1 is 0.900 bits per heavy atom. The highest BCUT2D eigenvalue weighted by molar-refractivity contribution is 6.32. The number of benzene rings is 3. The lowest BCUT2D eigenvalue weighted by atomic mass is 10.1. The van der Waals surface area contributed by atoms with Crippen molar-refractivity contribution in [3.8, 4) is 17.0 Å². The van der Waals surface area contributed by atoms with Crippen LogP contribution in [-0.4, -0.2) is 34.4 Å². The molecule has 0 aliphatic rings. The fraction of sp³-hybridized carbons (Fsp3) is 0.129. The fourth-order valence-electron chi connectivity index (χ4n) is 4.22. The lowest BCUT2D eigenvalue weighted by Gasteiger charge is -2.17. The Balaban J connectivity index is 1.29. The number of carbonyl (C=O) groups is 2. The van der Waals surface area contributed by atoms with Gasteiger partial charge in [-0.25, -0.2) is 9.78 Å². The van der Waals surface area contributed by atoms with Crippen LogP contribution in [0.15, 0.2) is 97.2 Å². The van der Waals surface area contributed by atoms with Crippen LogP contribution in [0.2, 0.25) is 10.2 Å². The fourth-order valence-corrected chi connectivity index (χ4v) is 4.63. The lowest BCUT2D eigenvalue weighted by molar-refractivity contribution is -0.142. The van der Waals surface area contributed by atoms with E-state index >= 15 is 0 Å². The molecule has 3 aromatic carbocycles. The number of carbonyl (C=O) groups excluding carboxylic acids is 2. The zero-order valence-corrected chi connectivity index (χ0v) is 23.0. The zero-order valence-electron chi connectivity index (χ0n) is 21.5. The van der Waals surface area contributed by atoms with Crippen molar-refractivity contribution in [3.05, 3.63) is 124 Å². The average molecular weight is 574 g/mol. The van der Waals surface area contributed by atoms with Gasteiger partial charge < -0.3 is 14.8 Å². The molecule has 1 unspecified atom stereocenters. The molecule has 7 nitrogen and oxygen atoms in total. The Bertz CT molecular complexity index is 1640. The molecule has 0 spiro atoms. The van der Waals surface area contributed by atoms with E-state index in [9.17, 15) is 9.59 Å². The van der Waals surface area contributed by atoms with Crippen LogP contribution in [-0.2, 0) is 22.6 Å². The maximum Gasteiger partial charge on any atom is 0.328 e. The van der Waals surface area contributed by atoms with E-state index in [2.05, 4.69) is 10.3 Å². The Labute approximate surface area is 241 Å². The van der Waals surface area contributed by atoms with Crippen molar-refractivity contribution in [2.45, 2.75) is 19.1 Å². The minimum Gasteiger partial charge on any atom is -0.489 e. The van der Waals surface area contributed by atoms with Crippen LogP contribution in [0.3, 0.4) is 0 Å². The molecule has 0 bridgehead atoms. The van der Waals surface area contributed by atoms with E-state index in [0.29, 0.717) is 39.4 Å². The van der Waals surface area contributed by atoms with Crippen LogP contribution in [0, 0.1) is 0 Å². The van der Waals surface area contributed by atoms with Crippen LogP contribution in [0.5, 0.6) is 5.75 Å². The first-order chi connectivity index (χ1) is 19.4. The van der Waals surface area contributed by atoms with Gasteiger partial charge in [0.05, 0.1) is 12.7 Å². The number of imidazole rings is 1. The smallest absolute Gasteiger partial charge is 0.328 e. The third kappa shape index (κ3) is 6.28. The normalized spacial score (nSPS) is 11.7. The number of methoxy groups -OCH3 is 1. The molecule has 0 saturated heterocycles. The van der Waals surface area contributed by atoms with E-state index in [4.69, 9.17) is 32.7 Å². The summed E-state index contributed by atoms with van der Waals surface area (Å²) >= 11 is 12.6. The number of nitrogens with one attached hydrogen (secondary N) is 1. The summed E-state index contributed by atoms with van der Waals surface area (Å²) in [6.07, 6.45) is 1.83. The van der Waals surface area contributed by atoms with E-state index in [1.807, 2.05) is 66.7 Å². The predicted molar refractivity (Wildman–Crippen MR) is 155 cm³/mol. The van der Waals surface area contributed by atoms with Gasteiger partial charge >= 0.3 is 5.97 Å². The van der Waals surface area contributed by atoms with E-state index in [1.165, 1.54) is 7.11 Å². The lowest BCUT2D eigenvalue weighted by Crippen LogP contribution is -2.43. The molecule has 0 saturated carbocycles. The summed E-state index contributed by atoms with van der Waals surface area (Å²) < 4.78 is 12.4. The van der Waals surface area contributed by atoms with Gasteiger partial charge in [-0.05, 0) is 47.5 Å². The van der Waals surface area contributed by atoms with Crippen LogP contribution >= 0.6 is 23.2 Å². The molecule has 1 atom stereocenters. The monoisotopic (exact) mass is 573 g/mol. The summed E-state index contributed by atoms with van der Waals surface area (Å²) in [6.45, 7) is 0.452. The number of hydrogen-bond acceptors (Lipinski definition) is 5. The van der Waals surface area contributed by atoms with Crippen molar-refractivity contribution >= 4 is 40.7 Å². The second-order valence-corrected chi connectivity index (χ2v) is 9.87. The van der Waals surface area contributed by atoms with Gasteiger partial charge in [-0.15, -0.1) is 0 Å². The minimum absolute atomic E-state index is 0.242. The molecule has 0 fully saturated rings. The number of nitrogens with zero attached hydrogens (tertiary/aromatic N) is 2. The summed E-state index contributed by atoms with van der Waals surface area (Å²) in [6, 6.07) is 26.9. The maximum absolute atomic E-state index is 13.2. The average Bonchev–Trinajstić information content (AvgIpc) is 3.32. The van der Waals surface area contributed by atoms with Gasteiger partial charge in [-0.1, -0.05) is 77.8 Å². The van der Waals surface area contributed by atoms with Gasteiger partial charge in [0.25, 0.3) is 5.91 Å². The molecule has 40 heavy (non-hydrogen) atoms. The molecule has 1 amide bonds. The summed E-state index contributed by atoms with van der Waals surface area (Å²) in [5, 5.41) is 3.75. The Morgan fingerprint density at radius 2 is 1.62 bits per heavy atom. The highest BCUT2D eigenvalue weighted by atomic mass is 35.5. The van der Waals surface area contributed by atoms with Crippen LogP contribution in [0.4, 0.5) is 0 Å². The van der Waals surface area contributed by atoms with Crippen LogP contribution in [0.1, 0.15) is 21.5 Å². The number of halogens is 2. The predicted octanol–water partition coefficient (Wildman–Crippen LogP) is 6.40. The second kappa shape index (κ2) is 12.2. The number of aromatic nitrogens is 2. The topological polar surface area (TPSA) is 81.9 Å². The number of ether oxygens (including phenoxy) is 2. The first-order valence-electron chi connectivity index (χ1n) is 12.5. The number of pyridine rings is 1. The third-order valence-corrected chi connectivity index (χ3v) is 6.96. The number of amides is 1. The van der Waals surface area contributed by atoms with Crippen molar-refractivity contribution in [1.82, 2.24) is 14.7 Å². The van der Waals surface area contributed by atoms with Gasteiger partial charge in [0.2, 0.25) is 0 Å². The molecular formula is C31H25Cl2N3O4. The molecule has 9 heteroatoms. The molecule has 5 rings (SSSR count). The molecule has 5 aromatic rings. The van der Waals surface area contributed by atoms with Gasteiger partial charge in [0, 0.05) is 23.2 Å².